The molecule has 0 aliphatic carbocycles. The van der Waals surface area contributed by atoms with Gasteiger partial charge in [0.05, 0.1) is 12.2 Å². The van der Waals surface area contributed by atoms with E-state index in [2.05, 4.69) is 11.9 Å². The van der Waals surface area contributed by atoms with Crippen molar-refractivity contribution in [3.63, 3.8) is 0 Å². The van der Waals surface area contributed by atoms with Gasteiger partial charge in [0.2, 0.25) is 5.91 Å². The Hall–Kier alpha value is -1.79. The van der Waals surface area contributed by atoms with Crippen molar-refractivity contribution in [2.75, 3.05) is 24.2 Å². The topological polar surface area (TPSA) is 69.6 Å². The number of nitrogens with zero attached hydrogens (tertiary/aromatic N) is 1. The number of aliphatic carboxylic acids is 1. The van der Waals surface area contributed by atoms with Gasteiger partial charge in [0.1, 0.15) is 6.04 Å². The highest BCUT2D eigenvalue weighted by molar-refractivity contribution is 7.99. The van der Waals surface area contributed by atoms with Gasteiger partial charge in [0.15, 0.2) is 0 Å². The van der Waals surface area contributed by atoms with Crippen molar-refractivity contribution in [1.29, 1.82) is 0 Å². The Morgan fingerprint density at radius 1 is 1.45 bits per heavy atom. The maximum atomic E-state index is 12.2. The fraction of sp³-hybridized carbons (Fsp3) is 0.375. The van der Waals surface area contributed by atoms with E-state index in [-0.39, 0.29) is 12.5 Å². The molecular formula is C16H20N2O3S. The van der Waals surface area contributed by atoms with Crippen LogP contribution in [0.4, 0.5) is 5.69 Å². The number of amides is 1. The average molecular weight is 320 g/mol. The molecule has 2 N–H and O–H groups in total. The molecular weight excluding hydrogens is 300 g/mol. The third kappa shape index (κ3) is 4.35. The van der Waals surface area contributed by atoms with Gasteiger partial charge in [-0.05, 0) is 31.5 Å². The van der Waals surface area contributed by atoms with Crippen LogP contribution in [0.15, 0.2) is 41.8 Å². The highest BCUT2D eigenvalue weighted by Crippen LogP contribution is 2.27. The van der Waals surface area contributed by atoms with Crippen LogP contribution in [0.1, 0.15) is 12.8 Å². The van der Waals surface area contributed by atoms with E-state index in [1.165, 1.54) is 0 Å². The lowest BCUT2D eigenvalue weighted by Crippen LogP contribution is -2.40. The van der Waals surface area contributed by atoms with Crippen molar-refractivity contribution in [1.82, 2.24) is 4.90 Å². The van der Waals surface area contributed by atoms with E-state index in [9.17, 15) is 9.59 Å². The number of para-hydroxylation sites is 1. The first-order valence-electron chi connectivity index (χ1n) is 7.21. The number of likely N-dealkylation sites (tertiary alicyclic amines) is 1. The molecule has 0 bridgehead atoms. The summed E-state index contributed by atoms with van der Waals surface area (Å²) < 4.78 is 0. The summed E-state index contributed by atoms with van der Waals surface area (Å²) in [6, 6.07) is 7.03. The SMILES string of the molecule is C=CCSc1ccccc1NC(=O)CN1CCC[C@H]1C(=O)O. The first-order chi connectivity index (χ1) is 10.6. The van der Waals surface area contributed by atoms with Gasteiger partial charge in [0.25, 0.3) is 0 Å². The lowest BCUT2D eigenvalue weighted by Gasteiger charge is -2.20. The molecule has 1 saturated heterocycles. The minimum Gasteiger partial charge on any atom is -0.480 e. The third-order valence-electron chi connectivity index (χ3n) is 3.51. The molecule has 1 heterocycles. The molecule has 0 radical (unpaired) electrons. The molecule has 0 spiro atoms. The minimum atomic E-state index is -0.854. The maximum absolute atomic E-state index is 12.2. The average Bonchev–Trinajstić information content (AvgIpc) is 2.94. The summed E-state index contributed by atoms with van der Waals surface area (Å²) in [7, 11) is 0. The third-order valence-corrected chi connectivity index (χ3v) is 4.58. The lowest BCUT2D eigenvalue weighted by atomic mass is 10.2. The number of carboxylic acids is 1. The summed E-state index contributed by atoms with van der Waals surface area (Å²) in [6.45, 7) is 4.45. The second-order valence-corrected chi connectivity index (χ2v) is 6.17. The normalized spacial score (nSPS) is 18.1. The van der Waals surface area contributed by atoms with E-state index in [0.29, 0.717) is 13.0 Å². The first kappa shape index (κ1) is 16.6. The van der Waals surface area contributed by atoms with Crippen molar-refractivity contribution < 1.29 is 14.7 Å². The Balaban J connectivity index is 1.97. The quantitative estimate of drug-likeness (QED) is 0.596. The number of rotatable bonds is 7. The van der Waals surface area contributed by atoms with Crippen molar-refractivity contribution in [2.24, 2.45) is 0 Å². The van der Waals surface area contributed by atoms with E-state index < -0.39 is 12.0 Å². The standard InChI is InChI=1S/C16H20N2O3S/c1-2-10-22-14-8-4-3-6-12(14)17-15(19)11-18-9-5-7-13(18)16(20)21/h2-4,6,8,13H,1,5,7,9-11H2,(H,17,19)(H,20,21)/t13-/m0/s1. The van der Waals surface area contributed by atoms with E-state index >= 15 is 0 Å². The van der Waals surface area contributed by atoms with Gasteiger partial charge >= 0.3 is 5.97 Å². The number of thioether (sulfide) groups is 1. The summed E-state index contributed by atoms with van der Waals surface area (Å²) in [5.74, 6) is -0.271. The second kappa shape index (κ2) is 8.00. The van der Waals surface area contributed by atoms with E-state index in [4.69, 9.17) is 5.11 Å². The Bertz CT molecular complexity index is 562. The van der Waals surface area contributed by atoms with Gasteiger partial charge in [-0.25, -0.2) is 0 Å². The Kier molecular flexibility index (Phi) is 6.03. The molecule has 1 aliphatic heterocycles. The van der Waals surface area contributed by atoms with Crippen molar-refractivity contribution in [3.8, 4) is 0 Å². The zero-order chi connectivity index (χ0) is 15.9. The van der Waals surface area contributed by atoms with Gasteiger partial charge in [-0.3, -0.25) is 14.5 Å². The summed E-state index contributed by atoms with van der Waals surface area (Å²) in [5.41, 5.74) is 0.755. The lowest BCUT2D eigenvalue weighted by molar-refractivity contribution is -0.142. The monoisotopic (exact) mass is 320 g/mol. The predicted molar refractivity (Wildman–Crippen MR) is 88.2 cm³/mol. The molecule has 2 rings (SSSR count). The van der Waals surface area contributed by atoms with Crippen molar-refractivity contribution in [3.05, 3.63) is 36.9 Å². The number of carbonyl (C=O) groups is 2. The number of hydrogen-bond donors (Lipinski definition) is 2. The van der Waals surface area contributed by atoms with Crippen molar-refractivity contribution in [2.45, 2.75) is 23.8 Å². The summed E-state index contributed by atoms with van der Waals surface area (Å²) in [4.78, 5) is 26.0. The Labute approximate surface area is 134 Å². The molecule has 118 valence electrons. The number of nitrogens with one attached hydrogen (secondary N) is 1. The van der Waals surface area contributed by atoms with Crippen LogP contribution >= 0.6 is 11.8 Å². The van der Waals surface area contributed by atoms with Crippen LogP contribution in [-0.4, -0.2) is 46.8 Å². The molecule has 1 amide bonds. The summed E-state index contributed by atoms with van der Waals surface area (Å²) in [6.07, 6.45) is 3.23. The fourth-order valence-electron chi connectivity index (χ4n) is 2.51. The molecule has 22 heavy (non-hydrogen) atoms. The number of benzene rings is 1. The molecule has 6 heteroatoms. The molecule has 1 fully saturated rings. The second-order valence-electron chi connectivity index (χ2n) is 5.11. The Morgan fingerprint density at radius 2 is 2.23 bits per heavy atom. The molecule has 1 aliphatic rings. The molecule has 0 unspecified atom stereocenters. The van der Waals surface area contributed by atoms with Crippen molar-refractivity contribution >= 4 is 29.3 Å². The fourth-order valence-corrected chi connectivity index (χ4v) is 3.26. The van der Waals surface area contributed by atoms with Crippen LogP contribution in [0, 0.1) is 0 Å². The molecule has 1 atom stereocenters. The molecule has 0 aromatic heterocycles. The van der Waals surface area contributed by atoms with Gasteiger partial charge < -0.3 is 10.4 Å². The molecule has 5 nitrogen and oxygen atoms in total. The zero-order valence-electron chi connectivity index (χ0n) is 12.3. The van der Waals surface area contributed by atoms with Gasteiger partial charge in [0, 0.05) is 10.6 Å². The van der Waals surface area contributed by atoms with Crippen LogP contribution in [0.25, 0.3) is 0 Å². The van der Waals surface area contributed by atoms with Gasteiger partial charge in [-0.1, -0.05) is 18.2 Å². The van der Waals surface area contributed by atoms with Crippen LogP contribution in [0.2, 0.25) is 0 Å². The van der Waals surface area contributed by atoms with Crippen LogP contribution in [0.5, 0.6) is 0 Å². The molecule has 1 aromatic rings. The number of anilines is 1. The number of carboxylic acid groups (broad SMARTS) is 1. The Morgan fingerprint density at radius 3 is 2.95 bits per heavy atom. The smallest absolute Gasteiger partial charge is 0.320 e. The van der Waals surface area contributed by atoms with Crippen LogP contribution in [0.3, 0.4) is 0 Å². The van der Waals surface area contributed by atoms with Gasteiger partial charge in [-0.2, -0.15) is 0 Å². The molecule has 1 aromatic carbocycles. The van der Waals surface area contributed by atoms with Crippen LogP contribution in [-0.2, 0) is 9.59 Å². The summed E-state index contributed by atoms with van der Waals surface area (Å²) >= 11 is 1.60. The number of hydrogen-bond acceptors (Lipinski definition) is 4. The van der Waals surface area contributed by atoms with E-state index in [1.54, 1.807) is 16.7 Å². The highest BCUT2D eigenvalue weighted by Gasteiger charge is 2.31. The first-order valence-corrected chi connectivity index (χ1v) is 8.20. The highest BCUT2D eigenvalue weighted by atomic mass is 32.2. The van der Waals surface area contributed by atoms with E-state index in [1.807, 2.05) is 30.3 Å². The van der Waals surface area contributed by atoms with Gasteiger partial charge in [-0.15, -0.1) is 18.3 Å². The predicted octanol–water partition coefficient (Wildman–Crippen LogP) is 2.45. The zero-order valence-corrected chi connectivity index (χ0v) is 13.1. The maximum Gasteiger partial charge on any atom is 0.320 e. The van der Waals surface area contributed by atoms with E-state index in [0.717, 1.165) is 22.8 Å². The summed E-state index contributed by atoms with van der Waals surface area (Å²) in [5, 5.41) is 12.0. The molecule has 0 saturated carbocycles. The number of carbonyl (C=O) groups excluding carboxylic acids is 1. The minimum absolute atomic E-state index is 0.109. The van der Waals surface area contributed by atoms with Crippen LogP contribution < -0.4 is 5.32 Å². The largest absolute Gasteiger partial charge is 0.480 e.